The maximum atomic E-state index is 13.7. The highest BCUT2D eigenvalue weighted by Crippen LogP contribution is 2.22. The summed E-state index contributed by atoms with van der Waals surface area (Å²) in [7, 11) is 0. The fourth-order valence-electron chi connectivity index (χ4n) is 2.47. The Morgan fingerprint density at radius 1 is 1.14 bits per heavy atom. The lowest BCUT2D eigenvalue weighted by atomic mass is 10.2. The second kappa shape index (κ2) is 5.45. The third kappa shape index (κ3) is 2.63. The predicted octanol–water partition coefficient (Wildman–Crippen LogP) is 3.96. The summed E-state index contributed by atoms with van der Waals surface area (Å²) >= 11 is 5.87. The van der Waals surface area contributed by atoms with Crippen LogP contribution >= 0.6 is 11.6 Å². The van der Waals surface area contributed by atoms with Crippen LogP contribution in [0.1, 0.15) is 17.1 Å². The predicted molar refractivity (Wildman–Crippen MR) is 82.7 cm³/mol. The summed E-state index contributed by atoms with van der Waals surface area (Å²) < 4.78 is 15.6. The number of fused-ring (bicyclic) bond motifs is 1. The highest BCUT2D eigenvalue weighted by atomic mass is 35.5. The summed E-state index contributed by atoms with van der Waals surface area (Å²) in [5.41, 5.74) is 4.02. The van der Waals surface area contributed by atoms with E-state index in [0.29, 0.717) is 12.3 Å². The summed E-state index contributed by atoms with van der Waals surface area (Å²) in [6.45, 7) is 3.79. The Morgan fingerprint density at radius 2 is 1.95 bits per heavy atom. The van der Waals surface area contributed by atoms with Crippen LogP contribution in [0.4, 0.5) is 4.39 Å². The van der Waals surface area contributed by atoms with E-state index in [1.165, 1.54) is 12.1 Å². The third-order valence-electron chi connectivity index (χ3n) is 3.32. The molecule has 0 amide bonds. The van der Waals surface area contributed by atoms with Crippen LogP contribution < -0.4 is 0 Å². The number of halogens is 2. The van der Waals surface area contributed by atoms with Crippen LogP contribution in [0.25, 0.3) is 16.9 Å². The van der Waals surface area contributed by atoms with Gasteiger partial charge in [-0.3, -0.25) is 4.57 Å². The van der Waals surface area contributed by atoms with Gasteiger partial charge in [-0.2, -0.15) is 0 Å². The molecule has 21 heavy (non-hydrogen) atoms. The molecule has 0 saturated carbocycles. The molecule has 108 valence electrons. The van der Waals surface area contributed by atoms with Crippen LogP contribution in [0.5, 0.6) is 0 Å². The zero-order chi connectivity index (χ0) is 15.0. The first-order valence-electron chi connectivity index (χ1n) is 6.77. The molecule has 0 spiro atoms. The van der Waals surface area contributed by atoms with Crippen molar-refractivity contribution in [1.82, 2.24) is 14.5 Å². The Kier molecular flexibility index (Phi) is 3.64. The van der Waals surface area contributed by atoms with Crippen molar-refractivity contribution in [2.75, 3.05) is 5.88 Å². The average Bonchev–Trinajstić information content (AvgIpc) is 2.75. The maximum absolute atomic E-state index is 13.7. The number of benzene rings is 1. The highest BCUT2D eigenvalue weighted by molar-refractivity contribution is 6.17. The van der Waals surface area contributed by atoms with Crippen LogP contribution in [0, 0.1) is 19.7 Å². The summed E-state index contributed by atoms with van der Waals surface area (Å²) in [4.78, 5) is 9.12. The summed E-state index contributed by atoms with van der Waals surface area (Å²) in [5.74, 6) is 0.982. The summed E-state index contributed by atoms with van der Waals surface area (Å²) in [6, 6.07) is 8.77. The molecule has 0 atom stereocenters. The summed E-state index contributed by atoms with van der Waals surface area (Å²) in [6.07, 6.45) is 0.604. The fraction of sp³-hybridized carbons (Fsp3) is 0.250. The quantitative estimate of drug-likeness (QED) is 0.686. The Labute approximate surface area is 127 Å². The molecule has 1 aromatic carbocycles. The lowest BCUT2D eigenvalue weighted by Crippen LogP contribution is -2.04. The van der Waals surface area contributed by atoms with Gasteiger partial charge in [0.15, 0.2) is 5.65 Å². The number of rotatable bonds is 3. The third-order valence-corrected chi connectivity index (χ3v) is 3.51. The van der Waals surface area contributed by atoms with Gasteiger partial charge in [0.2, 0.25) is 0 Å². The van der Waals surface area contributed by atoms with Crippen LogP contribution in [-0.4, -0.2) is 20.4 Å². The molecule has 0 fully saturated rings. The summed E-state index contributed by atoms with van der Waals surface area (Å²) in [5, 5.41) is 0. The van der Waals surface area contributed by atoms with Crippen LogP contribution in [0.2, 0.25) is 0 Å². The molecule has 2 aromatic heterocycles. The molecule has 0 radical (unpaired) electrons. The first-order valence-corrected chi connectivity index (χ1v) is 7.30. The molecule has 3 rings (SSSR count). The zero-order valence-electron chi connectivity index (χ0n) is 11.9. The number of hydrogen-bond donors (Lipinski definition) is 0. The molecule has 0 aliphatic heterocycles. The smallest absolute Gasteiger partial charge is 0.164 e. The van der Waals surface area contributed by atoms with Gasteiger partial charge < -0.3 is 0 Å². The number of alkyl halides is 1. The van der Waals surface area contributed by atoms with Crippen molar-refractivity contribution in [3.63, 3.8) is 0 Å². The molecule has 3 aromatic rings. The second-order valence-electron chi connectivity index (χ2n) is 5.08. The van der Waals surface area contributed by atoms with E-state index in [0.717, 1.165) is 33.9 Å². The van der Waals surface area contributed by atoms with E-state index in [-0.39, 0.29) is 5.82 Å². The average molecular weight is 304 g/mol. The van der Waals surface area contributed by atoms with Crippen LogP contribution in [0.3, 0.4) is 0 Å². The topological polar surface area (TPSA) is 30.7 Å². The van der Waals surface area contributed by atoms with Crippen molar-refractivity contribution in [3.05, 3.63) is 53.2 Å². The van der Waals surface area contributed by atoms with Crippen LogP contribution in [-0.2, 0) is 6.42 Å². The van der Waals surface area contributed by atoms with Gasteiger partial charge in [-0.25, -0.2) is 14.4 Å². The molecular weight excluding hydrogens is 289 g/mol. The SMILES string of the molecule is Cc1cc(F)cc(-n2c(CCCl)nc3ccc(C)nc32)c1. The van der Waals surface area contributed by atoms with Crippen molar-refractivity contribution in [2.24, 2.45) is 0 Å². The fourth-order valence-corrected chi connectivity index (χ4v) is 2.64. The van der Waals surface area contributed by atoms with Gasteiger partial charge in [-0.05, 0) is 49.7 Å². The largest absolute Gasteiger partial charge is 0.281 e. The second-order valence-corrected chi connectivity index (χ2v) is 5.46. The molecule has 5 heteroatoms. The minimum absolute atomic E-state index is 0.267. The van der Waals surface area contributed by atoms with Gasteiger partial charge >= 0.3 is 0 Å². The lowest BCUT2D eigenvalue weighted by molar-refractivity contribution is 0.625. The van der Waals surface area contributed by atoms with E-state index in [9.17, 15) is 4.39 Å². The van der Waals surface area contributed by atoms with E-state index < -0.39 is 0 Å². The van der Waals surface area contributed by atoms with E-state index in [1.807, 2.05) is 36.6 Å². The highest BCUT2D eigenvalue weighted by Gasteiger charge is 2.14. The molecular formula is C16H15ClFN3. The molecule has 0 aliphatic rings. The molecule has 0 saturated heterocycles. The molecule has 0 unspecified atom stereocenters. The van der Waals surface area contributed by atoms with E-state index in [4.69, 9.17) is 11.6 Å². The number of aryl methyl sites for hydroxylation is 3. The van der Waals surface area contributed by atoms with Crippen LogP contribution in [0.15, 0.2) is 30.3 Å². The molecule has 3 nitrogen and oxygen atoms in total. The molecule has 0 N–H and O–H groups in total. The van der Waals surface area contributed by atoms with Crippen molar-refractivity contribution in [3.8, 4) is 5.69 Å². The first kappa shape index (κ1) is 14.0. The number of pyridine rings is 1. The van der Waals surface area contributed by atoms with Gasteiger partial charge in [-0.15, -0.1) is 11.6 Å². The lowest BCUT2D eigenvalue weighted by Gasteiger charge is -2.09. The Balaban J connectivity index is 2.32. The number of nitrogens with zero attached hydrogens (tertiary/aromatic N) is 3. The number of hydrogen-bond acceptors (Lipinski definition) is 2. The first-order chi connectivity index (χ1) is 10.1. The standard InChI is InChI=1S/C16H15ClFN3/c1-10-7-12(18)9-13(8-10)21-15(5-6-17)20-14-4-3-11(2)19-16(14)21/h3-4,7-9H,5-6H2,1-2H3. The van der Waals surface area contributed by atoms with Gasteiger partial charge in [0.05, 0.1) is 5.69 Å². The van der Waals surface area contributed by atoms with Crippen molar-refractivity contribution in [2.45, 2.75) is 20.3 Å². The van der Waals surface area contributed by atoms with E-state index in [1.54, 1.807) is 0 Å². The van der Waals surface area contributed by atoms with E-state index >= 15 is 0 Å². The Bertz CT molecular complexity index is 790. The van der Waals surface area contributed by atoms with Crippen molar-refractivity contribution < 1.29 is 4.39 Å². The maximum Gasteiger partial charge on any atom is 0.164 e. The monoisotopic (exact) mass is 303 g/mol. The van der Waals surface area contributed by atoms with Crippen molar-refractivity contribution in [1.29, 1.82) is 0 Å². The number of imidazole rings is 1. The molecule has 0 aliphatic carbocycles. The van der Waals surface area contributed by atoms with Crippen molar-refractivity contribution >= 4 is 22.8 Å². The molecule has 2 heterocycles. The number of aromatic nitrogens is 3. The van der Waals surface area contributed by atoms with Gasteiger partial charge in [0, 0.05) is 18.0 Å². The normalized spacial score (nSPS) is 11.2. The Morgan fingerprint density at radius 3 is 2.67 bits per heavy atom. The van der Waals surface area contributed by atoms with E-state index in [2.05, 4.69) is 9.97 Å². The van der Waals surface area contributed by atoms with Gasteiger partial charge in [-0.1, -0.05) is 0 Å². The Hall–Kier alpha value is -1.94. The van der Waals surface area contributed by atoms with Gasteiger partial charge in [0.25, 0.3) is 0 Å². The minimum atomic E-state index is -0.267. The zero-order valence-corrected chi connectivity index (χ0v) is 12.7. The molecule has 0 bridgehead atoms. The minimum Gasteiger partial charge on any atom is -0.281 e. The van der Waals surface area contributed by atoms with Gasteiger partial charge in [0.1, 0.15) is 17.2 Å².